The molecule has 2 aromatic heterocycles. The summed E-state index contributed by atoms with van der Waals surface area (Å²) >= 11 is 1.58. The van der Waals surface area contributed by atoms with Gasteiger partial charge in [-0.25, -0.2) is 4.98 Å². The maximum Gasteiger partial charge on any atom is 0.195 e. The molecule has 2 unspecified atom stereocenters. The van der Waals surface area contributed by atoms with Crippen molar-refractivity contribution in [3.05, 3.63) is 17.3 Å². The molecule has 3 heterocycles. The second-order valence-electron chi connectivity index (χ2n) is 4.64. The van der Waals surface area contributed by atoms with E-state index in [1.807, 2.05) is 23.0 Å². The number of nitrogens with zero attached hydrogens (tertiary/aromatic N) is 3. The number of hydrogen-bond donors (Lipinski definition) is 1. The van der Waals surface area contributed by atoms with E-state index in [9.17, 15) is 5.11 Å². The molecular weight excluding hydrogens is 250 g/mol. The molecule has 5 nitrogen and oxygen atoms in total. The minimum absolute atomic E-state index is 0.000465. The first-order valence-electron chi connectivity index (χ1n) is 6.12. The van der Waals surface area contributed by atoms with E-state index >= 15 is 0 Å². The van der Waals surface area contributed by atoms with Gasteiger partial charge in [0.2, 0.25) is 0 Å². The van der Waals surface area contributed by atoms with Crippen LogP contribution in [0.2, 0.25) is 0 Å². The van der Waals surface area contributed by atoms with Crippen molar-refractivity contribution in [2.75, 3.05) is 18.6 Å². The van der Waals surface area contributed by atoms with Gasteiger partial charge in [0.1, 0.15) is 0 Å². The van der Waals surface area contributed by atoms with Crippen LogP contribution in [0.4, 0.5) is 5.82 Å². The maximum atomic E-state index is 9.57. The zero-order chi connectivity index (χ0) is 12.7. The van der Waals surface area contributed by atoms with Gasteiger partial charge in [-0.3, -0.25) is 4.40 Å². The Bertz CT molecular complexity index is 551. The monoisotopic (exact) mass is 267 g/mol. The van der Waals surface area contributed by atoms with E-state index < -0.39 is 0 Å². The zero-order valence-electron chi connectivity index (χ0n) is 10.5. The van der Waals surface area contributed by atoms with Gasteiger partial charge in [0.05, 0.1) is 24.4 Å². The van der Waals surface area contributed by atoms with E-state index in [4.69, 9.17) is 4.74 Å². The van der Waals surface area contributed by atoms with Gasteiger partial charge in [-0.05, 0) is 13.3 Å². The lowest BCUT2D eigenvalue weighted by molar-refractivity contribution is 0.118. The number of aliphatic hydroxyl groups excluding tert-OH is 1. The lowest BCUT2D eigenvalue weighted by Crippen LogP contribution is -2.37. The fraction of sp³-hybridized carbons (Fsp3) is 0.583. The molecule has 18 heavy (non-hydrogen) atoms. The number of rotatable bonds is 3. The molecule has 2 aromatic rings. The molecule has 1 saturated heterocycles. The summed E-state index contributed by atoms with van der Waals surface area (Å²) in [7, 11) is 2.03. The van der Waals surface area contributed by atoms with Crippen LogP contribution < -0.4 is 4.90 Å². The number of hydrogen-bond acceptors (Lipinski definition) is 5. The van der Waals surface area contributed by atoms with Gasteiger partial charge in [-0.1, -0.05) is 0 Å². The third-order valence-corrected chi connectivity index (χ3v) is 4.41. The fourth-order valence-corrected chi connectivity index (χ4v) is 3.36. The van der Waals surface area contributed by atoms with Crippen molar-refractivity contribution in [1.29, 1.82) is 0 Å². The molecule has 6 heteroatoms. The number of thiazole rings is 1. The van der Waals surface area contributed by atoms with Crippen LogP contribution in [0.15, 0.2) is 11.6 Å². The molecule has 2 atom stereocenters. The Kier molecular flexibility index (Phi) is 3.01. The van der Waals surface area contributed by atoms with E-state index in [0.29, 0.717) is 6.04 Å². The highest BCUT2D eigenvalue weighted by Gasteiger charge is 2.30. The number of anilines is 1. The van der Waals surface area contributed by atoms with Crippen molar-refractivity contribution in [3.8, 4) is 0 Å². The van der Waals surface area contributed by atoms with E-state index in [1.165, 1.54) is 0 Å². The maximum absolute atomic E-state index is 9.57. The Balaban J connectivity index is 1.99. The summed E-state index contributed by atoms with van der Waals surface area (Å²) in [5.74, 6) is 0.867. The van der Waals surface area contributed by atoms with Crippen LogP contribution in [0, 0.1) is 0 Å². The number of likely N-dealkylation sites (N-methyl/N-ethyl adjacent to an activating group) is 1. The predicted molar refractivity (Wildman–Crippen MR) is 71.2 cm³/mol. The molecule has 0 bridgehead atoms. The second-order valence-corrected chi connectivity index (χ2v) is 5.51. The fourth-order valence-electron chi connectivity index (χ4n) is 2.64. The molecule has 1 fully saturated rings. The predicted octanol–water partition coefficient (Wildman–Crippen LogP) is 1.50. The standard InChI is InChI=1S/C12H17N3O2S/c1-8-9(3-5-17-8)14(2)11-10(7-16)15-4-6-18-12(15)13-11/h4,6,8-9,16H,3,5,7H2,1-2H3. The summed E-state index contributed by atoms with van der Waals surface area (Å²) in [6.07, 6.45) is 3.17. The Hall–Kier alpha value is -1.11. The third kappa shape index (κ3) is 1.72. The van der Waals surface area contributed by atoms with Crippen LogP contribution in [0.3, 0.4) is 0 Å². The Morgan fingerprint density at radius 3 is 3.17 bits per heavy atom. The Morgan fingerprint density at radius 1 is 1.67 bits per heavy atom. The first-order chi connectivity index (χ1) is 8.72. The summed E-state index contributed by atoms with van der Waals surface area (Å²) < 4.78 is 7.56. The highest BCUT2D eigenvalue weighted by Crippen LogP contribution is 2.29. The molecule has 0 aliphatic carbocycles. The summed E-state index contributed by atoms with van der Waals surface area (Å²) in [4.78, 5) is 7.68. The molecule has 0 radical (unpaired) electrons. The van der Waals surface area contributed by atoms with Gasteiger partial charge in [0.25, 0.3) is 0 Å². The van der Waals surface area contributed by atoms with Crippen LogP contribution in [-0.2, 0) is 11.3 Å². The van der Waals surface area contributed by atoms with Crippen molar-refractivity contribution in [1.82, 2.24) is 9.38 Å². The first-order valence-corrected chi connectivity index (χ1v) is 7.00. The molecule has 1 aliphatic heterocycles. The summed E-state index contributed by atoms with van der Waals surface area (Å²) in [6, 6.07) is 0.333. The van der Waals surface area contributed by atoms with Crippen LogP contribution in [0.1, 0.15) is 19.0 Å². The Labute approximate surface area is 110 Å². The largest absolute Gasteiger partial charge is 0.390 e. The topological polar surface area (TPSA) is 50.0 Å². The molecular formula is C12H17N3O2S. The van der Waals surface area contributed by atoms with E-state index in [2.05, 4.69) is 16.8 Å². The van der Waals surface area contributed by atoms with Crippen molar-refractivity contribution in [2.24, 2.45) is 0 Å². The van der Waals surface area contributed by atoms with Gasteiger partial charge in [0, 0.05) is 25.2 Å². The van der Waals surface area contributed by atoms with E-state index in [-0.39, 0.29) is 12.7 Å². The van der Waals surface area contributed by atoms with Gasteiger partial charge in [0.15, 0.2) is 10.8 Å². The molecule has 98 valence electrons. The molecule has 0 spiro atoms. The minimum Gasteiger partial charge on any atom is -0.390 e. The molecule has 1 aliphatic rings. The molecule has 3 rings (SSSR count). The average molecular weight is 267 g/mol. The molecule has 0 saturated carbocycles. The number of aromatic nitrogens is 2. The normalized spacial score (nSPS) is 23.9. The van der Waals surface area contributed by atoms with Gasteiger partial charge in [-0.15, -0.1) is 11.3 Å². The van der Waals surface area contributed by atoms with Crippen molar-refractivity contribution < 1.29 is 9.84 Å². The SMILES string of the molecule is CC1OCCC1N(C)c1nc2sccn2c1CO. The highest BCUT2D eigenvalue weighted by atomic mass is 32.1. The van der Waals surface area contributed by atoms with E-state index in [0.717, 1.165) is 29.5 Å². The number of fused-ring (bicyclic) bond motifs is 1. The third-order valence-electron chi connectivity index (χ3n) is 3.66. The zero-order valence-corrected chi connectivity index (χ0v) is 11.4. The van der Waals surface area contributed by atoms with Gasteiger partial charge < -0.3 is 14.7 Å². The number of imidazole rings is 1. The van der Waals surface area contributed by atoms with Crippen LogP contribution in [0.25, 0.3) is 4.96 Å². The smallest absolute Gasteiger partial charge is 0.195 e. The summed E-state index contributed by atoms with van der Waals surface area (Å²) in [6.45, 7) is 2.89. The second kappa shape index (κ2) is 4.53. The summed E-state index contributed by atoms with van der Waals surface area (Å²) in [5, 5.41) is 11.5. The number of ether oxygens (including phenoxy) is 1. The van der Waals surface area contributed by atoms with Crippen LogP contribution in [0.5, 0.6) is 0 Å². The van der Waals surface area contributed by atoms with E-state index in [1.54, 1.807) is 11.3 Å². The quantitative estimate of drug-likeness (QED) is 0.915. The lowest BCUT2D eigenvalue weighted by atomic mass is 10.1. The average Bonchev–Trinajstić information content (AvgIpc) is 3.01. The minimum atomic E-state index is -0.000465. The molecule has 0 amide bonds. The first kappa shape index (κ1) is 12.0. The van der Waals surface area contributed by atoms with Crippen LogP contribution in [-0.4, -0.2) is 40.3 Å². The lowest BCUT2D eigenvalue weighted by Gasteiger charge is -2.27. The highest BCUT2D eigenvalue weighted by molar-refractivity contribution is 7.15. The van der Waals surface area contributed by atoms with Crippen molar-refractivity contribution in [3.63, 3.8) is 0 Å². The summed E-state index contributed by atoms with van der Waals surface area (Å²) in [5.41, 5.74) is 0.854. The molecule has 1 N–H and O–H groups in total. The van der Waals surface area contributed by atoms with Crippen molar-refractivity contribution >= 4 is 22.1 Å². The Morgan fingerprint density at radius 2 is 2.50 bits per heavy atom. The van der Waals surface area contributed by atoms with Gasteiger partial charge in [-0.2, -0.15) is 0 Å². The molecule has 0 aromatic carbocycles. The number of aliphatic hydroxyl groups is 1. The van der Waals surface area contributed by atoms with Crippen molar-refractivity contribution in [2.45, 2.75) is 32.1 Å². The van der Waals surface area contributed by atoms with Crippen LogP contribution >= 0.6 is 11.3 Å². The van der Waals surface area contributed by atoms with Gasteiger partial charge >= 0.3 is 0 Å².